The summed E-state index contributed by atoms with van der Waals surface area (Å²) < 4.78 is 5.76. The van der Waals surface area contributed by atoms with E-state index in [-0.39, 0.29) is 6.61 Å². The van der Waals surface area contributed by atoms with Gasteiger partial charge < -0.3 is 15.8 Å². The van der Waals surface area contributed by atoms with Crippen molar-refractivity contribution in [2.24, 2.45) is 5.73 Å². The summed E-state index contributed by atoms with van der Waals surface area (Å²) in [4.78, 5) is 18.3. The van der Waals surface area contributed by atoms with Crippen molar-refractivity contribution in [2.45, 2.75) is 0 Å². The number of hydrogen-bond donors (Lipinski definition) is 2. The molecule has 82 valence electrons. The predicted molar refractivity (Wildman–Crippen MR) is 58.2 cm³/mol. The van der Waals surface area contributed by atoms with Crippen LogP contribution in [0.3, 0.4) is 0 Å². The Hall–Kier alpha value is -1.21. The number of nitrogens with two attached hydrogens (primary N) is 1. The predicted octanol–water partition coefficient (Wildman–Crippen LogP) is 0.153. The molecule has 0 radical (unpaired) electrons. The van der Waals surface area contributed by atoms with Gasteiger partial charge in [0.1, 0.15) is 6.61 Å². The average molecular weight is 275 g/mol. The Morgan fingerprint density at radius 3 is 2.80 bits per heavy atom. The minimum absolute atomic E-state index is 0.0666. The van der Waals surface area contributed by atoms with Crippen molar-refractivity contribution in [2.75, 3.05) is 25.1 Å². The molecule has 15 heavy (non-hydrogen) atoms. The Bertz CT molecular complexity index is 317. The summed E-state index contributed by atoms with van der Waals surface area (Å²) in [6, 6.07) is 0. The fraction of sp³-hybridized carbons (Fsp3) is 0.375. The van der Waals surface area contributed by atoms with Crippen molar-refractivity contribution < 1.29 is 9.53 Å². The maximum atomic E-state index is 10.3. The van der Waals surface area contributed by atoms with E-state index in [1.54, 1.807) is 12.4 Å². The normalized spacial score (nSPS) is 9.93. The SMILES string of the molecule is NC(=O)COCCNc1ncc(Br)cn1. The minimum atomic E-state index is -0.477. The summed E-state index contributed by atoms with van der Waals surface area (Å²) in [6.45, 7) is 0.833. The first-order valence-electron chi connectivity index (χ1n) is 4.26. The second kappa shape index (κ2) is 6.31. The number of primary amides is 1. The molecule has 7 heteroatoms. The molecule has 1 amide bonds. The van der Waals surface area contributed by atoms with E-state index in [9.17, 15) is 4.79 Å². The molecule has 0 aliphatic heterocycles. The Kier molecular flexibility index (Phi) is 4.99. The van der Waals surface area contributed by atoms with Gasteiger partial charge >= 0.3 is 0 Å². The molecule has 0 aromatic carbocycles. The first-order valence-corrected chi connectivity index (χ1v) is 5.05. The largest absolute Gasteiger partial charge is 0.370 e. The maximum Gasteiger partial charge on any atom is 0.243 e. The highest BCUT2D eigenvalue weighted by Gasteiger charge is 1.96. The zero-order chi connectivity index (χ0) is 11.1. The Morgan fingerprint density at radius 2 is 2.20 bits per heavy atom. The highest BCUT2D eigenvalue weighted by molar-refractivity contribution is 9.10. The van der Waals surface area contributed by atoms with Gasteiger partial charge in [0.25, 0.3) is 0 Å². The third-order valence-corrected chi connectivity index (χ3v) is 1.80. The lowest BCUT2D eigenvalue weighted by molar-refractivity contribution is -0.122. The van der Waals surface area contributed by atoms with Gasteiger partial charge in [-0.1, -0.05) is 0 Å². The lowest BCUT2D eigenvalue weighted by Gasteiger charge is -2.04. The van der Waals surface area contributed by atoms with Crippen molar-refractivity contribution in [3.05, 3.63) is 16.9 Å². The number of rotatable bonds is 6. The monoisotopic (exact) mass is 274 g/mol. The standard InChI is InChI=1S/C8H11BrN4O2/c9-6-3-12-8(13-4-6)11-1-2-15-5-7(10)14/h3-4H,1-2,5H2,(H2,10,14)(H,11,12,13). The van der Waals surface area contributed by atoms with Crippen molar-refractivity contribution in [3.8, 4) is 0 Å². The smallest absolute Gasteiger partial charge is 0.243 e. The molecule has 6 nitrogen and oxygen atoms in total. The van der Waals surface area contributed by atoms with E-state index in [0.29, 0.717) is 19.1 Å². The molecule has 0 aliphatic rings. The number of halogens is 1. The number of nitrogens with zero attached hydrogens (tertiary/aromatic N) is 2. The molecular weight excluding hydrogens is 264 g/mol. The van der Waals surface area contributed by atoms with Gasteiger partial charge in [0, 0.05) is 18.9 Å². The van der Waals surface area contributed by atoms with E-state index in [2.05, 4.69) is 31.2 Å². The van der Waals surface area contributed by atoms with E-state index >= 15 is 0 Å². The maximum absolute atomic E-state index is 10.3. The van der Waals surface area contributed by atoms with Crippen LogP contribution in [-0.2, 0) is 9.53 Å². The zero-order valence-corrected chi connectivity index (χ0v) is 9.53. The Labute approximate surface area is 95.4 Å². The van der Waals surface area contributed by atoms with Crippen molar-refractivity contribution in [1.82, 2.24) is 9.97 Å². The second-order valence-corrected chi connectivity index (χ2v) is 3.59. The van der Waals surface area contributed by atoms with Gasteiger partial charge in [-0.3, -0.25) is 4.79 Å². The Morgan fingerprint density at radius 1 is 1.53 bits per heavy atom. The van der Waals surface area contributed by atoms with Gasteiger partial charge in [-0.15, -0.1) is 0 Å². The molecule has 0 saturated heterocycles. The summed E-state index contributed by atoms with van der Waals surface area (Å²) in [6.07, 6.45) is 3.28. The summed E-state index contributed by atoms with van der Waals surface area (Å²) in [5.41, 5.74) is 4.89. The number of aromatic nitrogens is 2. The van der Waals surface area contributed by atoms with E-state index < -0.39 is 5.91 Å². The summed E-state index contributed by atoms with van der Waals surface area (Å²) in [5.74, 6) is 0.0377. The van der Waals surface area contributed by atoms with Crippen LogP contribution in [0, 0.1) is 0 Å². The first-order chi connectivity index (χ1) is 7.18. The van der Waals surface area contributed by atoms with Gasteiger partial charge in [0.15, 0.2) is 0 Å². The molecule has 0 aliphatic carbocycles. The third-order valence-electron chi connectivity index (χ3n) is 1.39. The van der Waals surface area contributed by atoms with Crippen LogP contribution in [0.25, 0.3) is 0 Å². The van der Waals surface area contributed by atoms with E-state index in [0.717, 1.165) is 4.47 Å². The molecule has 1 aromatic rings. The molecule has 1 aromatic heterocycles. The summed E-state index contributed by atoms with van der Waals surface area (Å²) >= 11 is 3.23. The molecule has 0 fully saturated rings. The van der Waals surface area contributed by atoms with E-state index in [1.165, 1.54) is 0 Å². The fourth-order valence-corrected chi connectivity index (χ4v) is 1.02. The lowest BCUT2D eigenvalue weighted by Crippen LogP contribution is -2.20. The van der Waals surface area contributed by atoms with Crippen molar-refractivity contribution >= 4 is 27.8 Å². The molecule has 0 unspecified atom stereocenters. The summed E-state index contributed by atoms with van der Waals surface area (Å²) in [7, 11) is 0. The van der Waals surface area contributed by atoms with Gasteiger partial charge in [0.2, 0.25) is 11.9 Å². The van der Waals surface area contributed by atoms with Crippen LogP contribution >= 0.6 is 15.9 Å². The van der Waals surface area contributed by atoms with Crippen LogP contribution in [0.5, 0.6) is 0 Å². The highest BCUT2D eigenvalue weighted by atomic mass is 79.9. The number of ether oxygens (including phenoxy) is 1. The molecule has 1 heterocycles. The second-order valence-electron chi connectivity index (χ2n) is 2.67. The number of anilines is 1. The number of amides is 1. The quantitative estimate of drug-likeness (QED) is 0.721. The van der Waals surface area contributed by atoms with Crippen molar-refractivity contribution in [1.29, 1.82) is 0 Å². The first kappa shape index (κ1) is 11.9. The highest BCUT2D eigenvalue weighted by Crippen LogP contribution is 2.06. The molecule has 0 atom stereocenters. The van der Waals surface area contributed by atoms with Gasteiger partial charge in [-0.05, 0) is 15.9 Å². The van der Waals surface area contributed by atoms with Gasteiger partial charge in [-0.2, -0.15) is 0 Å². The van der Waals surface area contributed by atoms with Crippen LogP contribution in [0.4, 0.5) is 5.95 Å². The summed E-state index contributed by atoms with van der Waals surface area (Å²) in [5, 5.41) is 2.93. The van der Waals surface area contributed by atoms with Crippen LogP contribution in [-0.4, -0.2) is 35.6 Å². The zero-order valence-electron chi connectivity index (χ0n) is 7.94. The minimum Gasteiger partial charge on any atom is -0.370 e. The van der Waals surface area contributed by atoms with Gasteiger partial charge in [-0.25, -0.2) is 9.97 Å². The van der Waals surface area contributed by atoms with Crippen LogP contribution in [0.2, 0.25) is 0 Å². The molecule has 1 rings (SSSR count). The van der Waals surface area contributed by atoms with Crippen molar-refractivity contribution in [3.63, 3.8) is 0 Å². The fourth-order valence-electron chi connectivity index (χ4n) is 0.811. The molecular formula is C8H11BrN4O2. The molecule has 0 spiro atoms. The molecule has 0 saturated carbocycles. The topological polar surface area (TPSA) is 90.1 Å². The average Bonchev–Trinajstić information content (AvgIpc) is 2.20. The third kappa shape index (κ3) is 5.28. The number of carbonyl (C=O) groups is 1. The Balaban J connectivity index is 2.15. The van der Waals surface area contributed by atoms with Gasteiger partial charge in [0.05, 0.1) is 11.1 Å². The van der Waals surface area contributed by atoms with Crippen LogP contribution in [0.15, 0.2) is 16.9 Å². The lowest BCUT2D eigenvalue weighted by atomic mass is 10.6. The van der Waals surface area contributed by atoms with E-state index in [4.69, 9.17) is 10.5 Å². The van der Waals surface area contributed by atoms with Crippen LogP contribution in [0.1, 0.15) is 0 Å². The van der Waals surface area contributed by atoms with Crippen LogP contribution < -0.4 is 11.1 Å². The molecule has 3 N–H and O–H groups in total. The number of hydrogen-bond acceptors (Lipinski definition) is 5. The molecule has 0 bridgehead atoms. The van der Waals surface area contributed by atoms with E-state index in [1.807, 2.05) is 0 Å². The number of nitrogens with one attached hydrogen (secondary N) is 1. The number of carbonyl (C=O) groups excluding carboxylic acids is 1.